The van der Waals surface area contributed by atoms with Crippen molar-refractivity contribution < 1.29 is 17.7 Å². The average Bonchev–Trinajstić information content (AvgIpc) is 2.81. The molecule has 0 aliphatic carbocycles. The summed E-state index contributed by atoms with van der Waals surface area (Å²) in [4.78, 5) is 5.04. The Morgan fingerprint density at radius 2 is 1.74 bits per heavy atom. The van der Waals surface area contributed by atoms with Gasteiger partial charge >= 0.3 is 0 Å². The van der Waals surface area contributed by atoms with Gasteiger partial charge in [-0.15, -0.1) is 0 Å². The number of rotatable bonds is 6. The zero-order valence-electron chi connectivity index (χ0n) is 19.5. The van der Waals surface area contributed by atoms with Crippen LogP contribution in [0.1, 0.15) is 26.3 Å². The van der Waals surface area contributed by atoms with E-state index in [9.17, 15) is 18.2 Å². The van der Waals surface area contributed by atoms with Gasteiger partial charge in [0, 0.05) is 29.5 Å². The fraction of sp³-hybridized carbons (Fsp3) is 0.231. The third-order valence-electron chi connectivity index (χ3n) is 6.18. The first kappa shape index (κ1) is 24.2. The Balaban J connectivity index is 1.92. The first-order valence-corrected chi connectivity index (χ1v) is 14.0. The summed E-state index contributed by atoms with van der Waals surface area (Å²) < 4.78 is 37.0. The van der Waals surface area contributed by atoms with Crippen LogP contribution in [-0.2, 0) is 25.8 Å². The minimum atomic E-state index is -3.38. The van der Waals surface area contributed by atoms with Crippen molar-refractivity contribution in [1.82, 2.24) is 4.98 Å². The van der Waals surface area contributed by atoms with Crippen LogP contribution in [0.15, 0.2) is 78.1 Å². The quantitative estimate of drug-likeness (QED) is 0.222. The van der Waals surface area contributed by atoms with Crippen molar-refractivity contribution in [2.24, 2.45) is 0 Å². The molecule has 0 radical (unpaired) electrons. The number of aromatic nitrogens is 2. The molecule has 176 valence electrons. The molecule has 0 fully saturated rings. The molecular weight excluding hydrogens is 468 g/mol. The summed E-state index contributed by atoms with van der Waals surface area (Å²) in [6.45, 7) is 5.21. The molecule has 4 rings (SSSR count). The molecule has 0 aliphatic heterocycles. The van der Waals surface area contributed by atoms with E-state index in [0.29, 0.717) is 26.5 Å². The van der Waals surface area contributed by atoms with Crippen molar-refractivity contribution in [3.8, 4) is 22.3 Å². The summed E-state index contributed by atoms with van der Waals surface area (Å²) >= 11 is -1.25. The topological polar surface area (TPSA) is 97.0 Å². The largest absolute Gasteiger partial charge is 0.619 e. The highest BCUT2D eigenvalue weighted by Gasteiger charge is 2.33. The van der Waals surface area contributed by atoms with Crippen molar-refractivity contribution >= 4 is 31.9 Å². The zero-order chi connectivity index (χ0) is 24.7. The van der Waals surface area contributed by atoms with E-state index in [1.807, 2.05) is 55.5 Å². The Morgan fingerprint density at radius 3 is 2.44 bits per heavy atom. The van der Waals surface area contributed by atoms with Crippen LogP contribution in [0.4, 0.5) is 0 Å². The van der Waals surface area contributed by atoms with Gasteiger partial charge in [-0.2, -0.15) is 4.73 Å². The molecule has 2 aromatic heterocycles. The molecule has 0 amide bonds. The van der Waals surface area contributed by atoms with E-state index in [4.69, 9.17) is 0 Å². The van der Waals surface area contributed by atoms with E-state index in [0.717, 1.165) is 27.6 Å². The van der Waals surface area contributed by atoms with Crippen LogP contribution >= 0.6 is 0 Å². The first-order chi connectivity index (χ1) is 16.0. The highest BCUT2D eigenvalue weighted by Crippen LogP contribution is 2.37. The number of hydrogen-bond acceptors (Lipinski definition) is 5. The summed E-state index contributed by atoms with van der Waals surface area (Å²) in [6, 6.07) is 16.9. The highest BCUT2D eigenvalue weighted by atomic mass is 32.2. The van der Waals surface area contributed by atoms with Crippen LogP contribution < -0.4 is 4.73 Å². The van der Waals surface area contributed by atoms with Crippen LogP contribution in [0.25, 0.3) is 33.2 Å². The Kier molecular flexibility index (Phi) is 6.42. The molecule has 34 heavy (non-hydrogen) atoms. The molecule has 1 atom stereocenters. The molecule has 0 saturated heterocycles. The predicted molar refractivity (Wildman–Crippen MR) is 136 cm³/mol. The Morgan fingerprint density at radius 1 is 1.00 bits per heavy atom. The monoisotopic (exact) mass is 494 g/mol. The number of hydrogen-bond donors (Lipinski definition) is 0. The summed E-state index contributed by atoms with van der Waals surface area (Å²) in [7, 11) is -3.38. The lowest BCUT2D eigenvalue weighted by Gasteiger charge is -2.24. The smallest absolute Gasteiger partial charge is 0.235 e. The molecule has 0 N–H and O–H groups in total. The van der Waals surface area contributed by atoms with Crippen molar-refractivity contribution in [3.63, 3.8) is 0 Å². The highest BCUT2D eigenvalue weighted by molar-refractivity contribution is 7.91. The molecule has 0 bridgehead atoms. The van der Waals surface area contributed by atoms with Crippen molar-refractivity contribution in [1.29, 1.82) is 0 Å². The minimum Gasteiger partial charge on any atom is -0.619 e. The van der Waals surface area contributed by atoms with E-state index in [1.165, 1.54) is 18.6 Å². The summed E-state index contributed by atoms with van der Waals surface area (Å²) in [5.74, 6) is 0.421. The second-order valence-corrected chi connectivity index (χ2v) is 13.0. The Hall–Kier alpha value is -2.94. The van der Waals surface area contributed by atoms with Crippen LogP contribution in [0.5, 0.6) is 0 Å². The Bertz CT molecular complexity index is 1480. The molecule has 2 aromatic carbocycles. The minimum absolute atomic E-state index is 0.421. The number of pyridine rings is 2. The fourth-order valence-electron chi connectivity index (χ4n) is 3.82. The normalized spacial score (nSPS) is 13.2. The van der Waals surface area contributed by atoms with Gasteiger partial charge in [0.1, 0.15) is 5.75 Å². The van der Waals surface area contributed by atoms with E-state index < -0.39 is 25.8 Å². The maximum absolute atomic E-state index is 12.5. The SMILES string of the molecule is CC[S+]([O-])c1cc(-c2cccc(-c3cc(C(C)(C)S(C)(=O)=O)cc4cccnc34)c2)c[n+]([O-])c1. The maximum atomic E-state index is 12.5. The van der Waals surface area contributed by atoms with E-state index in [2.05, 4.69) is 4.98 Å². The molecule has 2 heterocycles. The van der Waals surface area contributed by atoms with Gasteiger partial charge in [0.15, 0.2) is 16.0 Å². The van der Waals surface area contributed by atoms with Crippen molar-refractivity contribution in [3.05, 3.63) is 84.0 Å². The first-order valence-electron chi connectivity index (χ1n) is 10.8. The molecule has 1 unspecified atom stereocenters. The molecule has 8 heteroatoms. The van der Waals surface area contributed by atoms with E-state index in [1.54, 1.807) is 26.1 Å². The number of sulfone groups is 1. The van der Waals surface area contributed by atoms with Crippen LogP contribution in [0.2, 0.25) is 0 Å². The third-order valence-corrected chi connectivity index (χ3v) is 9.54. The van der Waals surface area contributed by atoms with Gasteiger partial charge in [-0.25, -0.2) is 8.42 Å². The van der Waals surface area contributed by atoms with Crippen LogP contribution in [0.3, 0.4) is 0 Å². The average molecular weight is 495 g/mol. The summed E-state index contributed by atoms with van der Waals surface area (Å²) in [6.07, 6.45) is 5.74. The van der Waals surface area contributed by atoms with Crippen molar-refractivity contribution in [2.45, 2.75) is 30.4 Å². The maximum Gasteiger partial charge on any atom is 0.235 e. The zero-order valence-corrected chi connectivity index (χ0v) is 21.1. The van der Waals surface area contributed by atoms with Gasteiger partial charge in [0.2, 0.25) is 11.1 Å². The number of fused-ring (bicyclic) bond motifs is 1. The van der Waals surface area contributed by atoms with E-state index in [-0.39, 0.29) is 0 Å². The van der Waals surface area contributed by atoms with Crippen LogP contribution in [0, 0.1) is 5.21 Å². The lowest BCUT2D eigenvalue weighted by Crippen LogP contribution is -2.28. The van der Waals surface area contributed by atoms with E-state index >= 15 is 0 Å². The molecule has 4 aromatic rings. The molecular formula is C26H26N2O4S2. The Labute approximate surface area is 203 Å². The molecule has 6 nitrogen and oxygen atoms in total. The number of nitrogens with zero attached hydrogens (tertiary/aromatic N) is 2. The molecule has 0 spiro atoms. The lowest BCUT2D eigenvalue weighted by molar-refractivity contribution is -0.607. The van der Waals surface area contributed by atoms with Gasteiger partial charge in [0.25, 0.3) is 0 Å². The third kappa shape index (κ3) is 4.53. The van der Waals surface area contributed by atoms with Gasteiger partial charge < -0.3 is 9.76 Å². The second-order valence-electron chi connectivity index (χ2n) is 8.72. The predicted octanol–water partition coefficient (Wildman–Crippen LogP) is 4.61. The second kappa shape index (κ2) is 9.02. The molecule has 0 aliphatic rings. The van der Waals surface area contributed by atoms with Gasteiger partial charge in [-0.05, 0) is 72.9 Å². The standard InChI is InChI=1S/C26H26N2O4S2/c1-5-33(30)23-14-21(16-28(29)17-23)18-8-6-9-19(12-18)24-15-22(26(2,3)34(4,31)32)13-20-10-7-11-27-25(20)24/h6-17H,5H2,1-4H3. The molecule has 0 saturated carbocycles. The number of benzene rings is 2. The lowest BCUT2D eigenvalue weighted by atomic mass is 9.92. The summed E-state index contributed by atoms with van der Waals surface area (Å²) in [5.41, 5.74) is 4.51. The van der Waals surface area contributed by atoms with Crippen molar-refractivity contribution in [2.75, 3.05) is 12.0 Å². The van der Waals surface area contributed by atoms with Gasteiger partial charge in [0.05, 0.1) is 15.8 Å². The fourth-order valence-corrected chi connectivity index (χ4v) is 5.18. The van der Waals surface area contributed by atoms with Crippen LogP contribution in [-0.4, -0.2) is 30.0 Å². The summed E-state index contributed by atoms with van der Waals surface area (Å²) in [5, 5.41) is 13.0. The van der Waals surface area contributed by atoms with Gasteiger partial charge in [-0.1, -0.05) is 24.3 Å². The van der Waals surface area contributed by atoms with Gasteiger partial charge in [-0.3, -0.25) is 4.98 Å².